The van der Waals surface area contributed by atoms with Gasteiger partial charge in [-0.3, -0.25) is 0 Å². The summed E-state index contributed by atoms with van der Waals surface area (Å²) in [7, 11) is 0. The molecule has 3 rings (SSSR count). The van der Waals surface area contributed by atoms with E-state index < -0.39 is 0 Å². The molecule has 24 heavy (non-hydrogen) atoms. The zero-order valence-electron chi connectivity index (χ0n) is 14.1. The highest BCUT2D eigenvalue weighted by Gasteiger charge is 2.11. The van der Waals surface area contributed by atoms with Crippen LogP contribution in [0.4, 0.5) is 4.79 Å². The van der Waals surface area contributed by atoms with E-state index in [0.717, 1.165) is 31.6 Å². The molecular formula is C20H24N2O2. The smallest absolute Gasteiger partial charge is 0.314 e. The summed E-state index contributed by atoms with van der Waals surface area (Å²) in [6.07, 6.45) is 2.66. The van der Waals surface area contributed by atoms with Gasteiger partial charge in [-0.1, -0.05) is 42.0 Å². The van der Waals surface area contributed by atoms with Crippen molar-refractivity contribution < 1.29 is 9.53 Å². The molecule has 126 valence electrons. The highest BCUT2D eigenvalue weighted by Crippen LogP contribution is 2.25. The minimum atomic E-state index is -0.104. The molecule has 0 saturated carbocycles. The van der Waals surface area contributed by atoms with Crippen LogP contribution in [0.2, 0.25) is 0 Å². The molecule has 2 amide bonds. The normalized spacial score (nSPS) is 12.4. The molecule has 0 bridgehead atoms. The highest BCUT2D eigenvalue weighted by molar-refractivity contribution is 5.73. The molecule has 0 spiro atoms. The fraction of sp³-hybridized carbons (Fsp3) is 0.350. The van der Waals surface area contributed by atoms with E-state index in [1.165, 1.54) is 22.3 Å². The lowest BCUT2D eigenvalue weighted by Crippen LogP contribution is -2.37. The Labute approximate surface area is 143 Å². The van der Waals surface area contributed by atoms with Crippen LogP contribution in [0, 0.1) is 6.92 Å². The molecule has 1 heterocycles. The van der Waals surface area contributed by atoms with E-state index in [9.17, 15) is 4.79 Å². The van der Waals surface area contributed by atoms with E-state index >= 15 is 0 Å². The van der Waals surface area contributed by atoms with E-state index in [0.29, 0.717) is 13.1 Å². The van der Waals surface area contributed by atoms with Crippen LogP contribution in [0.15, 0.2) is 42.5 Å². The topological polar surface area (TPSA) is 50.4 Å². The second-order valence-corrected chi connectivity index (χ2v) is 6.21. The number of rotatable bonds is 6. The third-order valence-electron chi connectivity index (χ3n) is 4.23. The van der Waals surface area contributed by atoms with Crippen LogP contribution in [0.1, 0.15) is 22.3 Å². The number of amides is 2. The second-order valence-electron chi connectivity index (χ2n) is 6.21. The molecule has 0 aliphatic carbocycles. The molecule has 4 nitrogen and oxygen atoms in total. The van der Waals surface area contributed by atoms with Gasteiger partial charge >= 0.3 is 6.03 Å². The van der Waals surface area contributed by atoms with Gasteiger partial charge in [0.1, 0.15) is 5.75 Å². The number of ether oxygens (including phenoxy) is 1. The zero-order valence-corrected chi connectivity index (χ0v) is 14.1. The predicted molar refractivity (Wildman–Crippen MR) is 95.6 cm³/mol. The first-order valence-corrected chi connectivity index (χ1v) is 8.52. The van der Waals surface area contributed by atoms with Crippen LogP contribution in [0.25, 0.3) is 0 Å². The lowest BCUT2D eigenvalue weighted by atomic mass is 10.1. The Morgan fingerprint density at radius 1 is 1.04 bits per heavy atom. The highest BCUT2D eigenvalue weighted by atomic mass is 16.5. The number of fused-ring (bicyclic) bond motifs is 1. The fourth-order valence-corrected chi connectivity index (χ4v) is 2.97. The molecule has 0 aromatic heterocycles. The van der Waals surface area contributed by atoms with Gasteiger partial charge in [0, 0.05) is 19.5 Å². The zero-order chi connectivity index (χ0) is 16.8. The molecule has 2 N–H and O–H groups in total. The summed E-state index contributed by atoms with van der Waals surface area (Å²) in [5.74, 6) is 1.00. The van der Waals surface area contributed by atoms with Crippen LogP contribution in [0.5, 0.6) is 5.75 Å². The minimum Gasteiger partial charge on any atom is -0.493 e. The maximum absolute atomic E-state index is 11.8. The monoisotopic (exact) mass is 324 g/mol. The van der Waals surface area contributed by atoms with Crippen molar-refractivity contribution in [2.75, 3.05) is 19.7 Å². The number of nitrogens with one attached hydrogen (secondary N) is 2. The largest absolute Gasteiger partial charge is 0.493 e. The maximum Gasteiger partial charge on any atom is 0.314 e. The summed E-state index contributed by atoms with van der Waals surface area (Å²) in [5, 5.41) is 5.82. The van der Waals surface area contributed by atoms with E-state index in [-0.39, 0.29) is 6.03 Å². The number of urea groups is 1. The van der Waals surface area contributed by atoms with Crippen molar-refractivity contribution in [3.63, 3.8) is 0 Å². The average molecular weight is 324 g/mol. The van der Waals surface area contributed by atoms with Crippen LogP contribution in [-0.4, -0.2) is 25.7 Å². The Balaban J connectivity index is 1.35. The van der Waals surface area contributed by atoms with E-state index in [4.69, 9.17) is 4.74 Å². The van der Waals surface area contributed by atoms with Gasteiger partial charge in [-0.25, -0.2) is 4.79 Å². The van der Waals surface area contributed by atoms with Crippen molar-refractivity contribution in [3.05, 3.63) is 64.7 Å². The summed E-state index contributed by atoms with van der Waals surface area (Å²) < 4.78 is 5.50. The second kappa shape index (κ2) is 7.86. The average Bonchev–Trinajstić information content (AvgIpc) is 3.03. The minimum absolute atomic E-state index is 0.104. The van der Waals surface area contributed by atoms with E-state index in [1.54, 1.807) is 0 Å². The Bertz CT molecular complexity index is 713. The lowest BCUT2D eigenvalue weighted by Gasteiger charge is -2.09. The molecule has 1 aliphatic rings. The Kier molecular flexibility index (Phi) is 5.36. The van der Waals surface area contributed by atoms with Gasteiger partial charge in [0.2, 0.25) is 0 Å². The summed E-state index contributed by atoms with van der Waals surface area (Å²) in [6, 6.07) is 14.5. The molecule has 0 radical (unpaired) electrons. The summed E-state index contributed by atoms with van der Waals surface area (Å²) in [5.41, 5.74) is 5.00. The van der Waals surface area contributed by atoms with Gasteiger partial charge in [0.05, 0.1) is 6.61 Å². The molecule has 0 unspecified atom stereocenters. The Morgan fingerprint density at radius 3 is 2.54 bits per heavy atom. The van der Waals surface area contributed by atoms with Gasteiger partial charge in [-0.15, -0.1) is 0 Å². The van der Waals surface area contributed by atoms with E-state index in [1.807, 2.05) is 12.1 Å². The van der Waals surface area contributed by atoms with Crippen molar-refractivity contribution in [2.24, 2.45) is 0 Å². The summed E-state index contributed by atoms with van der Waals surface area (Å²) >= 11 is 0. The number of hydrogen-bond donors (Lipinski definition) is 2. The fourth-order valence-electron chi connectivity index (χ4n) is 2.97. The van der Waals surface area contributed by atoms with Crippen molar-refractivity contribution in [2.45, 2.75) is 26.2 Å². The van der Waals surface area contributed by atoms with Crippen LogP contribution < -0.4 is 15.4 Å². The van der Waals surface area contributed by atoms with Gasteiger partial charge in [-0.2, -0.15) is 0 Å². The standard InChI is InChI=1S/C20H24N2O2/c1-15-3-2-4-16(13-15)7-10-21-20(23)22-11-8-17-5-6-19-18(14-17)9-12-24-19/h2-6,13-14H,7-12H2,1H3,(H2,21,22,23). The van der Waals surface area contributed by atoms with Crippen molar-refractivity contribution in [1.29, 1.82) is 0 Å². The van der Waals surface area contributed by atoms with Gasteiger partial charge in [-0.05, 0) is 42.5 Å². The van der Waals surface area contributed by atoms with Crippen LogP contribution >= 0.6 is 0 Å². The first-order chi connectivity index (χ1) is 11.7. The predicted octanol–water partition coefficient (Wildman–Crippen LogP) is 3.01. The van der Waals surface area contributed by atoms with Gasteiger partial charge < -0.3 is 15.4 Å². The molecule has 0 atom stereocenters. The number of carbonyl (C=O) groups excluding carboxylic acids is 1. The Morgan fingerprint density at radius 2 is 1.79 bits per heavy atom. The van der Waals surface area contributed by atoms with Gasteiger partial charge in [0.15, 0.2) is 0 Å². The molecule has 1 aliphatic heterocycles. The summed E-state index contributed by atoms with van der Waals surface area (Å²) in [6.45, 7) is 4.14. The molecule has 2 aromatic carbocycles. The van der Waals surface area contributed by atoms with Crippen molar-refractivity contribution >= 4 is 6.03 Å². The van der Waals surface area contributed by atoms with Gasteiger partial charge in [0.25, 0.3) is 0 Å². The van der Waals surface area contributed by atoms with Crippen LogP contribution in [0.3, 0.4) is 0 Å². The summed E-state index contributed by atoms with van der Waals surface area (Å²) in [4.78, 5) is 11.8. The number of hydrogen-bond acceptors (Lipinski definition) is 2. The van der Waals surface area contributed by atoms with Crippen LogP contribution in [-0.2, 0) is 19.3 Å². The molecule has 4 heteroatoms. The van der Waals surface area contributed by atoms with E-state index in [2.05, 4.69) is 47.9 Å². The quantitative estimate of drug-likeness (QED) is 0.858. The maximum atomic E-state index is 11.8. The lowest BCUT2D eigenvalue weighted by molar-refractivity contribution is 0.241. The SMILES string of the molecule is Cc1cccc(CCNC(=O)NCCc2ccc3c(c2)CCO3)c1. The number of aryl methyl sites for hydroxylation is 1. The number of benzene rings is 2. The Hall–Kier alpha value is -2.49. The van der Waals surface area contributed by atoms with Crippen molar-refractivity contribution in [1.82, 2.24) is 10.6 Å². The third kappa shape index (κ3) is 4.51. The first kappa shape index (κ1) is 16.4. The van der Waals surface area contributed by atoms with Crippen molar-refractivity contribution in [3.8, 4) is 5.75 Å². The molecule has 0 fully saturated rings. The molecular weight excluding hydrogens is 300 g/mol. The third-order valence-corrected chi connectivity index (χ3v) is 4.23. The first-order valence-electron chi connectivity index (χ1n) is 8.52. The molecule has 0 saturated heterocycles. The molecule has 2 aromatic rings. The number of carbonyl (C=O) groups is 1.